The van der Waals surface area contributed by atoms with Gasteiger partial charge in [0.25, 0.3) is 0 Å². The van der Waals surface area contributed by atoms with Crippen molar-refractivity contribution < 1.29 is 9.59 Å². The Kier molecular flexibility index (Phi) is 3.99. The fraction of sp³-hybridized carbons (Fsp3) is 0.400. The topological polar surface area (TPSA) is 34.1 Å². The molecule has 0 N–H and O–H groups in total. The van der Waals surface area contributed by atoms with Crippen molar-refractivity contribution >= 4 is 11.9 Å². The highest BCUT2D eigenvalue weighted by Gasteiger charge is 2.13. The van der Waals surface area contributed by atoms with Crippen LogP contribution in [0.25, 0.3) is 0 Å². The molecule has 2 heteroatoms. The van der Waals surface area contributed by atoms with E-state index in [1.807, 2.05) is 20.8 Å². The summed E-state index contributed by atoms with van der Waals surface area (Å²) in [4.78, 5) is 20.0. The minimum Gasteiger partial charge on any atom is -0.234 e. The average molecular weight is 164 g/mol. The van der Waals surface area contributed by atoms with Gasteiger partial charge in [-0.2, -0.15) is 0 Å². The maximum atomic E-state index is 10.1. The molecule has 0 unspecified atom stereocenters. The van der Waals surface area contributed by atoms with E-state index in [0.717, 1.165) is 5.57 Å². The summed E-state index contributed by atoms with van der Waals surface area (Å²) in [6.45, 7) is 5.85. The van der Waals surface area contributed by atoms with Crippen molar-refractivity contribution in [2.24, 2.45) is 5.41 Å². The van der Waals surface area contributed by atoms with Gasteiger partial charge in [0, 0.05) is 12.2 Å². The normalized spacial score (nSPS) is 11.4. The molecule has 0 amide bonds. The third kappa shape index (κ3) is 3.72. The van der Waals surface area contributed by atoms with E-state index in [-0.39, 0.29) is 5.41 Å². The van der Waals surface area contributed by atoms with Gasteiger partial charge < -0.3 is 0 Å². The van der Waals surface area contributed by atoms with Crippen molar-refractivity contribution in [2.45, 2.75) is 20.8 Å². The summed E-state index contributed by atoms with van der Waals surface area (Å²) < 4.78 is 0. The molecular formula is C10H12O2. The van der Waals surface area contributed by atoms with E-state index in [0.29, 0.717) is 0 Å². The van der Waals surface area contributed by atoms with Crippen LogP contribution < -0.4 is 0 Å². The monoisotopic (exact) mass is 164 g/mol. The minimum atomic E-state index is -0.148. The van der Waals surface area contributed by atoms with Gasteiger partial charge in [-0.25, -0.2) is 9.59 Å². The molecule has 0 atom stereocenters. The Hall–Kier alpha value is -1.36. The van der Waals surface area contributed by atoms with Crippen molar-refractivity contribution in [2.75, 3.05) is 0 Å². The molecule has 2 nitrogen and oxygen atoms in total. The highest BCUT2D eigenvalue weighted by Crippen LogP contribution is 2.25. The van der Waals surface area contributed by atoms with Crippen molar-refractivity contribution in [1.82, 2.24) is 0 Å². The van der Waals surface area contributed by atoms with Crippen LogP contribution in [0, 0.1) is 5.41 Å². The molecule has 0 fully saturated rings. The molecule has 0 bridgehead atoms. The lowest BCUT2D eigenvalue weighted by atomic mass is 9.86. The second-order valence-corrected chi connectivity index (χ2v) is 3.42. The minimum absolute atomic E-state index is 0.148. The van der Waals surface area contributed by atoms with Gasteiger partial charge in [-0.15, -0.1) is 0 Å². The average Bonchev–Trinajstić information content (AvgIpc) is 1.95. The van der Waals surface area contributed by atoms with Crippen LogP contribution >= 0.6 is 0 Å². The van der Waals surface area contributed by atoms with Gasteiger partial charge in [-0.1, -0.05) is 20.8 Å². The fourth-order valence-electron chi connectivity index (χ4n) is 0.702. The van der Waals surface area contributed by atoms with Crippen LogP contribution in [0.15, 0.2) is 23.8 Å². The van der Waals surface area contributed by atoms with Gasteiger partial charge in [0.2, 0.25) is 0 Å². The van der Waals surface area contributed by atoms with Crippen LogP contribution in [0.2, 0.25) is 0 Å². The first-order chi connectivity index (χ1) is 5.52. The SMILES string of the molecule is CC(C)(C)C(C=C=O)=CC=C=O. The van der Waals surface area contributed by atoms with E-state index in [9.17, 15) is 9.59 Å². The van der Waals surface area contributed by atoms with E-state index < -0.39 is 0 Å². The van der Waals surface area contributed by atoms with Crippen molar-refractivity contribution in [3.63, 3.8) is 0 Å². The molecule has 64 valence electrons. The molecule has 0 aliphatic rings. The summed E-state index contributed by atoms with van der Waals surface area (Å²) in [6.07, 6.45) is 4.14. The first-order valence-corrected chi connectivity index (χ1v) is 3.65. The quantitative estimate of drug-likeness (QED) is 0.460. The molecule has 0 aromatic carbocycles. The first-order valence-electron chi connectivity index (χ1n) is 3.65. The number of carbonyl (C=O) groups excluding carboxylic acids is 2. The third-order valence-corrected chi connectivity index (χ3v) is 1.41. The Morgan fingerprint density at radius 2 is 1.75 bits per heavy atom. The van der Waals surface area contributed by atoms with E-state index in [1.54, 1.807) is 18.0 Å². The molecule has 0 saturated heterocycles. The van der Waals surface area contributed by atoms with Gasteiger partial charge in [0.05, 0.1) is 0 Å². The van der Waals surface area contributed by atoms with E-state index in [1.165, 1.54) is 12.2 Å². The molecule has 0 spiro atoms. The maximum Gasteiger partial charge on any atom is 0.124 e. The molecular weight excluding hydrogens is 152 g/mol. The highest BCUT2D eigenvalue weighted by molar-refractivity contribution is 5.56. The third-order valence-electron chi connectivity index (χ3n) is 1.41. The van der Waals surface area contributed by atoms with E-state index >= 15 is 0 Å². The van der Waals surface area contributed by atoms with Crippen LogP contribution in [0.3, 0.4) is 0 Å². The summed E-state index contributed by atoms with van der Waals surface area (Å²) >= 11 is 0. The summed E-state index contributed by atoms with van der Waals surface area (Å²) in [5, 5.41) is 0. The summed E-state index contributed by atoms with van der Waals surface area (Å²) in [5.41, 5.74) is 0.617. The van der Waals surface area contributed by atoms with Crippen molar-refractivity contribution in [3.8, 4) is 0 Å². The zero-order valence-electron chi connectivity index (χ0n) is 7.55. The Morgan fingerprint density at radius 1 is 1.17 bits per heavy atom. The number of rotatable bonds is 2. The van der Waals surface area contributed by atoms with Gasteiger partial charge in [-0.3, -0.25) is 0 Å². The second-order valence-electron chi connectivity index (χ2n) is 3.42. The number of hydrogen-bond donors (Lipinski definition) is 0. The first kappa shape index (κ1) is 10.6. The lowest BCUT2D eigenvalue weighted by molar-refractivity contribution is 0.515. The Labute approximate surface area is 72.3 Å². The molecule has 0 aromatic rings. The maximum absolute atomic E-state index is 10.1. The predicted molar refractivity (Wildman–Crippen MR) is 48.1 cm³/mol. The molecule has 0 radical (unpaired) electrons. The van der Waals surface area contributed by atoms with Crippen LogP contribution in [0.4, 0.5) is 0 Å². The Balaban J connectivity index is 4.91. The van der Waals surface area contributed by atoms with E-state index in [2.05, 4.69) is 0 Å². The summed E-state index contributed by atoms with van der Waals surface area (Å²) in [5.74, 6) is 3.32. The van der Waals surface area contributed by atoms with Crippen LogP contribution in [-0.2, 0) is 9.59 Å². The predicted octanol–water partition coefficient (Wildman–Crippen LogP) is 1.73. The van der Waals surface area contributed by atoms with Crippen molar-refractivity contribution in [3.05, 3.63) is 23.8 Å². The van der Waals surface area contributed by atoms with Gasteiger partial charge in [0.1, 0.15) is 11.9 Å². The Morgan fingerprint density at radius 3 is 2.08 bits per heavy atom. The molecule has 0 saturated carbocycles. The number of hydrogen-bond acceptors (Lipinski definition) is 2. The lowest BCUT2D eigenvalue weighted by Crippen LogP contribution is -2.07. The smallest absolute Gasteiger partial charge is 0.124 e. The molecule has 0 aromatic heterocycles. The standard InChI is InChI=1S/C10H12O2/c1-10(2,3)9(6-8-12)5-4-7-11/h4-6H,1-3H3. The van der Waals surface area contributed by atoms with Crippen LogP contribution in [0.5, 0.6) is 0 Å². The number of allylic oxidation sites excluding steroid dienone is 4. The van der Waals surface area contributed by atoms with Gasteiger partial charge in [0.15, 0.2) is 0 Å². The zero-order chi connectivity index (χ0) is 9.61. The lowest BCUT2D eigenvalue weighted by Gasteiger charge is -2.18. The molecule has 0 heterocycles. The Bertz CT molecular complexity index is 267. The van der Waals surface area contributed by atoms with Crippen LogP contribution in [-0.4, -0.2) is 11.9 Å². The van der Waals surface area contributed by atoms with E-state index in [4.69, 9.17) is 0 Å². The molecule has 0 aliphatic heterocycles. The molecule has 12 heavy (non-hydrogen) atoms. The second kappa shape index (κ2) is 4.50. The van der Waals surface area contributed by atoms with Crippen molar-refractivity contribution in [1.29, 1.82) is 0 Å². The van der Waals surface area contributed by atoms with Gasteiger partial charge in [-0.05, 0) is 17.1 Å². The molecule has 0 aliphatic carbocycles. The fourth-order valence-corrected chi connectivity index (χ4v) is 0.702. The summed E-state index contributed by atoms with van der Waals surface area (Å²) in [6, 6.07) is 0. The largest absolute Gasteiger partial charge is 0.234 e. The van der Waals surface area contributed by atoms with Gasteiger partial charge >= 0.3 is 0 Å². The zero-order valence-corrected chi connectivity index (χ0v) is 7.55. The highest BCUT2D eigenvalue weighted by atomic mass is 16.1. The summed E-state index contributed by atoms with van der Waals surface area (Å²) in [7, 11) is 0. The van der Waals surface area contributed by atoms with Crippen LogP contribution in [0.1, 0.15) is 20.8 Å². The molecule has 0 rings (SSSR count).